The summed E-state index contributed by atoms with van der Waals surface area (Å²) in [6.07, 6.45) is 6.56. The molecule has 0 bridgehead atoms. The van der Waals surface area contributed by atoms with Gasteiger partial charge in [0.15, 0.2) is 0 Å². The number of likely N-dealkylation sites (N-methyl/N-ethyl adjacent to an activating group) is 1. The van der Waals surface area contributed by atoms with Gasteiger partial charge in [0, 0.05) is 12.6 Å². The zero-order valence-electron chi connectivity index (χ0n) is 11.6. The summed E-state index contributed by atoms with van der Waals surface area (Å²) in [7, 11) is 2.09. The van der Waals surface area contributed by atoms with Gasteiger partial charge in [0.1, 0.15) is 0 Å². The second kappa shape index (κ2) is 7.55. The molecule has 1 aromatic carbocycles. The van der Waals surface area contributed by atoms with Crippen LogP contribution in [-0.4, -0.2) is 37.6 Å². The third-order valence-corrected chi connectivity index (χ3v) is 3.95. The van der Waals surface area contributed by atoms with Gasteiger partial charge in [-0.1, -0.05) is 30.3 Å². The number of nitrogens with zero attached hydrogens (tertiary/aromatic N) is 1. The normalized spacial score (nSPS) is 21.1. The number of aryl methyl sites for hydroxylation is 1. The Morgan fingerprint density at radius 1 is 1.22 bits per heavy atom. The lowest BCUT2D eigenvalue weighted by atomic mass is 10.0. The van der Waals surface area contributed by atoms with Crippen LogP contribution >= 0.6 is 0 Å². The molecule has 2 rings (SSSR count). The molecule has 1 unspecified atom stereocenters. The quantitative estimate of drug-likeness (QED) is 0.776. The summed E-state index contributed by atoms with van der Waals surface area (Å²) < 4.78 is 0. The molecule has 0 aliphatic carbocycles. The zero-order valence-corrected chi connectivity index (χ0v) is 11.6. The second-order valence-corrected chi connectivity index (χ2v) is 5.37. The van der Waals surface area contributed by atoms with Crippen LogP contribution in [0.3, 0.4) is 0 Å². The molecule has 100 valence electrons. The van der Waals surface area contributed by atoms with Crippen LogP contribution in [-0.2, 0) is 6.42 Å². The van der Waals surface area contributed by atoms with E-state index in [9.17, 15) is 0 Å². The topological polar surface area (TPSA) is 15.3 Å². The Labute approximate surface area is 111 Å². The van der Waals surface area contributed by atoms with Crippen LogP contribution in [0, 0.1) is 0 Å². The van der Waals surface area contributed by atoms with E-state index in [1.807, 2.05) is 0 Å². The van der Waals surface area contributed by atoms with Crippen molar-refractivity contribution >= 4 is 0 Å². The highest BCUT2D eigenvalue weighted by Gasteiger charge is 2.17. The highest BCUT2D eigenvalue weighted by atomic mass is 15.2. The second-order valence-electron chi connectivity index (χ2n) is 5.37. The van der Waals surface area contributed by atoms with Crippen molar-refractivity contribution in [3.05, 3.63) is 35.9 Å². The van der Waals surface area contributed by atoms with Crippen molar-refractivity contribution in [3.8, 4) is 0 Å². The van der Waals surface area contributed by atoms with E-state index in [0.717, 1.165) is 0 Å². The van der Waals surface area contributed by atoms with Gasteiger partial charge in [-0.25, -0.2) is 0 Å². The summed E-state index contributed by atoms with van der Waals surface area (Å²) in [4.78, 5) is 2.62. The van der Waals surface area contributed by atoms with Gasteiger partial charge in [-0.2, -0.15) is 0 Å². The van der Waals surface area contributed by atoms with Crippen molar-refractivity contribution in [1.82, 2.24) is 10.2 Å². The molecule has 0 radical (unpaired) electrons. The Bertz CT molecular complexity index is 323. The van der Waals surface area contributed by atoms with E-state index in [0.29, 0.717) is 6.04 Å². The number of benzene rings is 1. The average molecular weight is 246 g/mol. The Morgan fingerprint density at radius 3 is 2.83 bits per heavy atom. The van der Waals surface area contributed by atoms with Crippen LogP contribution in [0.2, 0.25) is 0 Å². The first-order chi connectivity index (χ1) is 8.88. The van der Waals surface area contributed by atoms with Crippen LogP contribution in [0.5, 0.6) is 0 Å². The molecule has 0 aromatic heterocycles. The predicted octanol–water partition coefficient (Wildman–Crippen LogP) is 2.69. The molecule has 1 atom stereocenters. The largest absolute Gasteiger partial charge is 0.316 e. The molecular weight excluding hydrogens is 220 g/mol. The first-order valence-electron chi connectivity index (χ1n) is 7.32. The number of nitrogens with one attached hydrogen (secondary N) is 1. The van der Waals surface area contributed by atoms with Crippen molar-refractivity contribution in [1.29, 1.82) is 0 Å². The van der Waals surface area contributed by atoms with E-state index in [4.69, 9.17) is 0 Å². The molecule has 0 amide bonds. The van der Waals surface area contributed by atoms with Gasteiger partial charge in [0.05, 0.1) is 0 Å². The smallest absolute Gasteiger partial charge is 0.0192 e. The van der Waals surface area contributed by atoms with Crippen LogP contribution in [0.1, 0.15) is 31.2 Å². The predicted molar refractivity (Wildman–Crippen MR) is 77.9 cm³/mol. The van der Waals surface area contributed by atoms with Gasteiger partial charge in [-0.15, -0.1) is 0 Å². The molecular formula is C16H26N2. The summed E-state index contributed by atoms with van der Waals surface area (Å²) in [5.74, 6) is 0. The molecule has 1 fully saturated rings. The fourth-order valence-electron chi connectivity index (χ4n) is 2.80. The van der Waals surface area contributed by atoms with Gasteiger partial charge >= 0.3 is 0 Å². The van der Waals surface area contributed by atoms with E-state index < -0.39 is 0 Å². The summed E-state index contributed by atoms with van der Waals surface area (Å²) in [6.45, 7) is 3.80. The van der Waals surface area contributed by atoms with Crippen molar-refractivity contribution in [2.24, 2.45) is 0 Å². The van der Waals surface area contributed by atoms with Crippen molar-refractivity contribution < 1.29 is 0 Å². The minimum absolute atomic E-state index is 0.716. The monoisotopic (exact) mass is 246 g/mol. The third kappa shape index (κ3) is 4.43. The van der Waals surface area contributed by atoms with Gasteiger partial charge in [-0.05, 0) is 57.8 Å². The van der Waals surface area contributed by atoms with E-state index in [1.54, 1.807) is 0 Å². The van der Waals surface area contributed by atoms with Crippen LogP contribution in [0.25, 0.3) is 0 Å². The maximum atomic E-state index is 3.41. The minimum atomic E-state index is 0.716. The molecule has 1 N–H and O–H groups in total. The maximum absolute atomic E-state index is 3.41. The lowest BCUT2D eigenvalue weighted by Gasteiger charge is -2.32. The van der Waals surface area contributed by atoms with Gasteiger partial charge in [-0.3, -0.25) is 0 Å². The van der Waals surface area contributed by atoms with Crippen molar-refractivity contribution in [2.45, 2.75) is 38.1 Å². The van der Waals surface area contributed by atoms with Crippen LogP contribution < -0.4 is 5.32 Å². The SMILES string of the molecule is CNC1CCCN(CCCCc2ccccc2)C1. The van der Waals surface area contributed by atoms with E-state index in [-0.39, 0.29) is 0 Å². The first kappa shape index (κ1) is 13.6. The van der Waals surface area contributed by atoms with E-state index in [1.165, 1.54) is 57.3 Å². The summed E-state index contributed by atoms with van der Waals surface area (Å²) in [5, 5.41) is 3.41. The third-order valence-electron chi connectivity index (χ3n) is 3.95. The van der Waals surface area contributed by atoms with E-state index >= 15 is 0 Å². The maximum Gasteiger partial charge on any atom is 0.0192 e. The lowest BCUT2D eigenvalue weighted by molar-refractivity contribution is 0.192. The highest BCUT2D eigenvalue weighted by molar-refractivity contribution is 5.14. The minimum Gasteiger partial charge on any atom is -0.316 e. The fourth-order valence-corrected chi connectivity index (χ4v) is 2.80. The average Bonchev–Trinajstić information content (AvgIpc) is 2.45. The number of likely N-dealkylation sites (tertiary alicyclic amines) is 1. The Morgan fingerprint density at radius 2 is 2.06 bits per heavy atom. The van der Waals surface area contributed by atoms with Crippen molar-refractivity contribution in [2.75, 3.05) is 26.7 Å². The Balaban J connectivity index is 1.60. The molecule has 0 saturated carbocycles. The molecule has 1 saturated heterocycles. The fraction of sp³-hybridized carbons (Fsp3) is 0.625. The number of unbranched alkanes of at least 4 members (excludes halogenated alkanes) is 1. The first-order valence-corrected chi connectivity index (χ1v) is 7.32. The summed E-state index contributed by atoms with van der Waals surface area (Å²) in [5.41, 5.74) is 1.48. The standard InChI is InChI=1S/C16H26N2/c1-17-16-11-7-13-18(14-16)12-6-5-10-15-8-3-2-4-9-15/h2-4,8-9,16-17H,5-7,10-14H2,1H3. The van der Waals surface area contributed by atoms with Crippen LogP contribution in [0.4, 0.5) is 0 Å². The molecule has 1 heterocycles. The molecule has 2 heteroatoms. The number of hydrogen-bond acceptors (Lipinski definition) is 2. The van der Waals surface area contributed by atoms with Gasteiger partial charge in [0.2, 0.25) is 0 Å². The molecule has 18 heavy (non-hydrogen) atoms. The number of rotatable bonds is 6. The van der Waals surface area contributed by atoms with Gasteiger partial charge < -0.3 is 10.2 Å². The Hall–Kier alpha value is -0.860. The van der Waals surface area contributed by atoms with Gasteiger partial charge in [0.25, 0.3) is 0 Å². The summed E-state index contributed by atoms with van der Waals surface area (Å²) in [6, 6.07) is 11.5. The zero-order chi connectivity index (χ0) is 12.6. The lowest BCUT2D eigenvalue weighted by Crippen LogP contribution is -2.44. The molecule has 2 nitrogen and oxygen atoms in total. The molecule has 0 spiro atoms. The molecule has 1 aliphatic heterocycles. The van der Waals surface area contributed by atoms with Crippen LogP contribution in [0.15, 0.2) is 30.3 Å². The molecule has 1 aliphatic rings. The van der Waals surface area contributed by atoms with E-state index in [2.05, 4.69) is 47.6 Å². The molecule has 1 aromatic rings. The summed E-state index contributed by atoms with van der Waals surface area (Å²) >= 11 is 0. The highest BCUT2D eigenvalue weighted by Crippen LogP contribution is 2.11. The Kier molecular flexibility index (Phi) is 5.69. The number of piperidine rings is 1. The number of hydrogen-bond donors (Lipinski definition) is 1. The van der Waals surface area contributed by atoms with Crippen molar-refractivity contribution in [3.63, 3.8) is 0 Å².